The topological polar surface area (TPSA) is 67.1 Å². The summed E-state index contributed by atoms with van der Waals surface area (Å²) in [4.78, 5) is 10.7. The van der Waals surface area contributed by atoms with Crippen LogP contribution in [-0.4, -0.2) is 23.1 Å². The summed E-state index contributed by atoms with van der Waals surface area (Å²) in [6, 6.07) is 0. The molecule has 17 heavy (non-hydrogen) atoms. The summed E-state index contributed by atoms with van der Waals surface area (Å²) in [6.45, 7) is 10.5. The molecule has 0 aliphatic rings. The van der Waals surface area contributed by atoms with Gasteiger partial charge in [-0.2, -0.15) is 0 Å². The minimum absolute atomic E-state index is 0.651. The van der Waals surface area contributed by atoms with Crippen LogP contribution in [0.4, 0.5) is 11.6 Å². The van der Waals surface area contributed by atoms with Crippen molar-refractivity contribution in [3.05, 3.63) is 11.9 Å². The lowest BCUT2D eigenvalue weighted by atomic mass is 10.1. The van der Waals surface area contributed by atoms with Crippen molar-refractivity contribution in [2.45, 2.75) is 34.1 Å². The Morgan fingerprint density at radius 2 is 2.12 bits per heavy atom. The van der Waals surface area contributed by atoms with E-state index in [-0.39, 0.29) is 0 Å². The molecule has 96 valence electrons. The third-order valence-electron chi connectivity index (χ3n) is 3.10. The van der Waals surface area contributed by atoms with E-state index in [1.165, 1.54) is 6.42 Å². The van der Waals surface area contributed by atoms with Crippen LogP contribution in [0.5, 0.6) is 0 Å². The Balaban J connectivity index is 2.95. The normalized spacial score (nSPS) is 12.3. The van der Waals surface area contributed by atoms with E-state index < -0.39 is 0 Å². The summed E-state index contributed by atoms with van der Waals surface area (Å²) < 4.78 is 0. The van der Waals surface area contributed by atoms with Crippen LogP contribution >= 0.6 is 0 Å². The van der Waals surface area contributed by atoms with E-state index in [0.29, 0.717) is 11.7 Å². The van der Waals surface area contributed by atoms with Gasteiger partial charge in [0.1, 0.15) is 18.0 Å². The fourth-order valence-electron chi connectivity index (χ4n) is 1.78. The van der Waals surface area contributed by atoms with E-state index in [4.69, 9.17) is 5.84 Å². The van der Waals surface area contributed by atoms with Crippen molar-refractivity contribution in [1.29, 1.82) is 0 Å². The van der Waals surface area contributed by atoms with Crippen molar-refractivity contribution < 1.29 is 0 Å². The first-order valence-corrected chi connectivity index (χ1v) is 6.17. The number of anilines is 2. The third kappa shape index (κ3) is 3.30. The van der Waals surface area contributed by atoms with Gasteiger partial charge >= 0.3 is 0 Å². The number of nitrogen functional groups attached to an aromatic ring is 1. The van der Waals surface area contributed by atoms with Gasteiger partial charge in [-0.05, 0) is 19.8 Å². The van der Waals surface area contributed by atoms with Crippen LogP contribution in [-0.2, 0) is 0 Å². The molecule has 0 aromatic carbocycles. The molecule has 0 radical (unpaired) electrons. The van der Waals surface area contributed by atoms with Gasteiger partial charge in [0.2, 0.25) is 0 Å². The van der Waals surface area contributed by atoms with E-state index in [1.54, 1.807) is 6.33 Å². The molecule has 1 atom stereocenters. The Morgan fingerprint density at radius 1 is 1.41 bits per heavy atom. The van der Waals surface area contributed by atoms with Crippen LogP contribution in [0.1, 0.15) is 32.8 Å². The number of nitrogens with one attached hydrogen (secondary N) is 1. The highest BCUT2D eigenvalue weighted by atomic mass is 15.3. The van der Waals surface area contributed by atoms with Gasteiger partial charge in [-0.3, -0.25) is 0 Å². The zero-order valence-corrected chi connectivity index (χ0v) is 11.2. The van der Waals surface area contributed by atoms with Crippen LogP contribution in [0, 0.1) is 12.8 Å². The van der Waals surface area contributed by atoms with E-state index in [9.17, 15) is 0 Å². The minimum atomic E-state index is 0.651. The first-order valence-electron chi connectivity index (χ1n) is 6.17. The average Bonchev–Trinajstić information content (AvgIpc) is 2.36. The lowest BCUT2D eigenvalue weighted by Gasteiger charge is -2.26. The van der Waals surface area contributed by atoms with E-state index in [0.717, 1.165) is 24.5 Å². The molecule has 0 fully saturated rings. The maximum absolute atomic E-state index is 5.43. The second-order valence-electron chi connectivity index (χ2n) is 4.37. The van der Waals surface area contributed by atoms with Crippen LogP contribution in [0.15, 0.2) is 6.33 Å². The molecule has 3 N–H and O–H groups in total. The summed E-state index contributed by atoms with van der Waals surface area (Å²) in [7, 11) is 0. The molecule has 0 saturated carbocycles. The number of hydrogen-bond acceptors (Lipinski definition) is 5. The van der Waals surface area contributed by atoms with Gasteiger partial charge in [-0.1, -0.05) is 20.3 Å². The Kier molecular flexibility index (Phi) is 5.15. The van der Waals surface area contributed by atoms with Crippen LogP contribution in [0.3, 0.4) is 0 Å². The standard InChI is InChI=1S/C12H23N5/c1-5-9(3)7-17(6-2)12-10(4)11(16-13)14-8-15-12/h8-9H,5-7,13H2,1-4H3,(H,14,15,16). The van der Waals surface area contributed by atoms with E-state index >= 15 is 0 Å². The van der Waals surface area contributed by atoms with Crippen molar-refractivity contribution in [2.75, 3.05) is 23.4 Å². The molecule has 0 spiro atoms. The summed E-state index contributed by atoms with van der Waals surface area (Å²) in [6.07, 6.45) is 2.72. The quantitative estimate of drug-likeness (QED) is 0.584. The van der Waals surface area contributed by atoms with Crippen LogP contribution in [0.25, 0.3) is 0 Å². The highest BCUT2D eigenvalue weighted by Gasteiger charge is 2.14. The second-order valence-corrected chi connectivity index (χ2v) is 4.37. The van der Waals surface area contributed by atoms with Gasteiger partial charge in [0.15, 0.2) is 0 Å². The van der Waals surface area contributed by atoms with Gasteiger partial charge in [0, 0.05) is 18.7 Å². The molecule has 0 aliphatic heterocycles. The predicted molar refractivity (Wildman–Crippen MR) is 71.9 cm³/mol. The molecular formula is C12H23N5. The SMILES string of the molecule is CCC(C)CN(CC)c1ncnc(NN)c1C. The van der Waals surface area contributed by atoms with Crippen molar-refractivity contribution in [3.8, 4) is 0 Å². The van der Waals surface area contributed by atoms with Gasteiger partial charge in [0.05, 0.1) is 0 Å². The largest absolute Gasteiger partial charge is 0.356 e. The van der Waals surface area contributed by atoms with E-state index in [1.807, 2.05) is 6.92 Å². The average molecular weight is 237 g/mol. The smallest absolute Gasteiger partial charge is 0.148 e. The number of nitrogens with two attached hydrogens (primary N) is 1. The maximum atomic E-state index is 5.43. The molecule has 0 amide bonds. The monoisotopic (exact) mass is 237 g/mol. The number of hydrogen-bond donors (Lipinski definition) is 2. The summed E-state index contributed by atoms with van der Waals surface area (Å²) >= 11 is 0. The molecule has 1 aromatic heterocycles. The maximum Gasteiger partial charge on any atom is 0.148 e. The Bertz CT molecular complexity index is 353. The first-order chi connectivity index (χ1) is 8.13. The van der Waals surface area contributed by atoms with Crippen molar-refractivity contribution in [2.24, 2.45) is 11.8 Å². The number of hydrazine groups is 1. The Morgan fingerprint density at radius 3 is 2.65 bits per heavy atom. The summed E-state index contributed by atoms with van der Waals surface area (Å²) in [5, 5.41) is 0. The fourth-order valence-corrected chi connectivity index (χ4v) is 1.78. The lowest BCUT2D eigenvalue weighted by Crippen LogP contribution is -2.30. The molecule has 0 aliphatic carbocycles. The molecule has 0 bridgehead atoms. The number of nitrogens with zero attached hydrogens (tertiary/aromatic N) is 3. The Labute approximate surface area is 103 Å². The molecule has 0 saturated heterocycles. The van der Waals surface area contributed by atoms with Crippen LogP contribution < -0.4 is 16.2 Å². The van der Waals surface area contributed by atoms with Crippen molar-refractivity contribution in [1.82, 2.24) is 9.97 Å². The van der Waals surface area contributed by atoms with Crippen molar-refractivity contribution >= 4 is 11.6 Å². The van der Waals surface area contributed by atoms with Gasteiger partial charge in [-0.25, -0.2) is 15.8 Å². The number of aromatic nitrogens is 2. The van der Waals surface area contributed by atoms with Crippen molar-refractivity contribution in [3.63, 3.8) is 0 Å². The molecule has 1 aromatic rings. The second kappa shape index (κ2) is 6.39. The first kappa shape index (κ1) is 13.7. The molecule has 1 unspecified atom stereocenters. The third-order valence-corrected chi connectivity index (χ3v) is 3.10. The Hall–Kier alpha value is -1.36. The molecule has 5 heteroatoms. The highest BCUT2D eigenvalue weighted by molar-refractivity contribution is 5.57. The van der Waals surface area contributed by atoms with Gasteiger partial charge in [0.25, 0.3) is 0 Å². The molecule has 5 nitrogen and oxygen atoms in total. The summed E-state index contributed by atoms with van der Waals surface area (Å²) in [5.74, 6) is 7.74. The van der Waals surface area contributed by atoms with Crippen LogP contribution in [0.2, 0.25) is 0 Å². The molecule has 1 rings (SSSR count). The summed E-state index contributed by atoms with van der Waals surface area (Å²) in [5.41, 5.74) is 3.60. The fraction of sp³-hybridized carbons (Fsp3) is 0.667. The lowest BCUT2D eigenvalue weighted by molar-refractivity contribution is 0.545. The zero-order valence-electron chi connectivity index (χ0n) is 11.2. The predicted octanol–water partition coefficient (Wildman–Crippen LogP) is 1.94. The van der Waals surface area contributed by atoms with Gasteiger partial charge in [-0.15, -0.1) is 0 Å². The zero-order chi connectivity index (χ0) is 12.8. The molecular weight excluding hydrogens is 214 g/mol. The number of rotatable bonds is 6. The van der Waals surface area contributed by atoms with Gasteiger partial charge < -0.3 is 10.3 Å². The van der Waals surface area contributed by atoms with E-state index in [2.05, 4.69) is 41.1 Å². The minimum Gasteiger partial charge on any atom is -0.356 e. The molecule has 1 heterocycles. The highest BCUT2D eigenvalue weighted by Crippen LogP contribution is 2.22.